The first-order valence-corrected chi connectivity index (χ1v) is 11.5. The van der Waals surface area contributed by atoms with Gasteiger partial charge in [-0.05, 0) is 42.0 Å². The predicted molar refractivity (Wildman–Crippen MR) is 125 cm³/mol. The fourth-order valence-electron chi connectivity index (χ4n) is 3.44. The summed E-state index contributed by atoms with van der Waals surface area (Å²) in [6, 6.07) is 11.5. The highest BCUT2D eigenvalue weighted by molar-refractivity contribution is 9.10. The monoisotopic (exact) mass is 540 g/mol. The number of benzene rings is 2. The van der Waals surface area contributed by atoms with Crippen LogP contribution in [0.25, 0.3) is 0 Å². The van der Waals surface area contributed by atoms with E-state index in [0.717, 1.165) is 10.0 Å². The molecule has 0 spiro atoms. The van der Waals surface area contributed by atoms with Gasteiger partial charge in [-0.1, -0.05) is 45.2 Å². The summed E-state index contributed by atoms with van der Waals surface area (Å²) in [7, 11) is 0. The Labute approximate surface area is 203 Å². The van der Waals surface area contributed by atoms with Crippen molar-refractivity contribution >= 4 is 45.0 Å². The van der Waals surface area contributed by atoms with Crippen LogP contribution in [-0.4, -0.2) is 51.7 Å². The van der Waals surface area contributed by atoms with Gasteiger partial charge in [0, 0.05) is 48.4 Å². The van der Waals surface area contributed by atoms with E-state index in [1.54, 1.807) is 40.0 Å². The largest absolute Gasteiger partial charge is 0.470 e. The molecule has 2 heterocycles. The minimum atomic E-state index is -0.348. The molecule has 0 unspecified atom stereocenters. The lowest BCUT2D eigenvalue weighted by Gasteiger charge is -2.34. The van der Waals surface area contributed by atoms with Gasteiger partial charge in [0.05, 0.1) is 5.02 Å². The molecule has 1 aliphatic rings. The van der Waals surface area contributed by atoms with Crippen LogP contribution in [0, 0.1) is 5.82 Å². The van der Waals surface area contributed by atoms with Crippen molar-refractivity contribution in [2.75, 3.05) is 26.2 Å². The molecular weight excluding hydrogens is 522 g/mol. The van der Waals surface area contributed by atoms with Gasteiger partial charge in [0.2, 0.25) is 0 Å². The van der Waals surface area contributed by atoms with Crippen molar-refractivity contribution in [3.8, 4) is 5.75 Å². The standard InChI is InChI=1S/C22H20BrCl2FN4O2/c23-16-2-4-21(19(25)11-16)32-14-30-6-5-20(27-30)22(31)29-9-7-28(8-10-29)13-15-1-3-17(26)12-18(15)24/h1-6,11-12H,7-10,13-14H2. The number of nitrogens with zero attached hydrogens (tertiary/aromatic N) is 4. The van der Waals surface area contributed by atoms with Crippen molar-refractivity contribution in [2.45, 2.75) is 13.3 Å². The van der Waals surface area contributed by atoms with Crippen LogP contribution in [0.3, 0.4) is 0 Å². The third kappa shape index (κ3) is 5.61. The van der Waals surface area contributed by atoms with E-state index in [1.165, 1.54) is 12.1 Å². The Balaban J connectivity index is 1.29. The number of ether oxygens (including phenoxy) is 1. The average molecular weight is 542 g/mol. The van der Waals surface area contributed by atoms with E-state index in [1.807, 2.05) is 6.07 Å². The summed E-state index contributed by atoms with van der Waals surface area (Å²) < 4.78 is 21.3. The van der Waals surface area contributed by atoms with Crippen molar-refractivity contribution < 1.29 is 13.9 Å². The summed E-state index contributed by atoms with van der Waals surface area (Å²) in [5.74, 6) is 0.0689. The maximum absolute atomic E-state index is 13.2. The van der Waals surface area contributed by atoms with E-state index in [4.69, 9.17) is 27.9 Å². The van der Waals surface area contributed by atoms with Crippen LogP contribution in [0.5, 0.6) is 5.75 Å². The van der Waals surface area contributed by atoms with E-state index in [2.05, 4.69) is 25.9 Å². The Kier molecular flexibility index (Phi) is 7.35. The van der Waals surface area contributed by atoms with Gasteiger partial charge >= 0.3 is 0 Å². The molecule has 1 amide bonds. The zero-order valence-corrected chi connectivity index (χ0v) is 20.1. The van der Waals surface area contributed by atoms with Crippen LogP contribution in [0.2, 0.25) is 10.0 Å². The molecule has 168 valence electrons. The molecule has 0 saturated carbocycles. The summed E-state index contributed by atoms with van der Waals surface area (Å²) in [4.78, 5) is 16.8. The first-order valence-electron chi connectivity index (χ1n) is 9.96. The van der Waals surface area contributed by atoms with E-state index < -0.39 is 0 Å². The smallest absolute Gasteiger partial charge is 0.274 e. The van der Waals surface area contributed by atoms with Gasteiger partial charge in [-0.25, -0.2) is 9.07 Å². The van der Waals surface area contributed by atoms with Crippen molar-refractivity contribution in [2.24, 2.45) is 0 Å². The van der Waals surface area contributed by atoms with Gasteiger partial charge in [0.15, 0.2) is 12.4 Å². The van der Waals surface area contributed by atoms with Crippen LogP contribution in [0.4, 0.5) is 4.39 Å². The van der Waals surface area contributed by atoms with Crippen molar-refractivity contribution in [3.63, 3.8) is 0 Å². The zero-order chi connectivity index (χ0) is 22.7. The second kappa shape index (κ2) is 10.2. The normalized spacial score (nSPS) is 14.6. The van der Waals surface area contributed by atoms with Crippen molar-refractivity contribution in [1.82, 2.24) is 19.6 Å². The molecule has 6 nitrogen and oxygen atoms in total. The van der Waals surface area contributed by atoms with Gasteiger partial charge in [-0.3, -0.25) is 9.69 Å². The molecule has 0 aliphatic carbocycles. The van der Waals surface area contributed by atoms with Crippen LogP contribution in [-0.2, 0) is 13.3 Å². The minimum absolute atomic E-state index is 0.120. The molecule has 3 aromatic rings. The Bertz CT molecular complexity index is 1120. The lowest BCUT2D eigenvalue weighted by Crippen LogP contribution is -2.48. The first kappa shape index (κ1) is 23.0. The van der Waals surface area contributed by atoms with Gasteiger partial charge in [-0.15, -0.1) is 0 Å². The van der Waals surface area contributed by atoms with Gasteiger partial charge in [-0.2, -0.15) is 5.10 Å². The molecule has 10 heteroatoms. The predicted octanol–water partition coefficient (Wildman–Crippen LogP) is 5.09. The summed E-state index contributed by atoms with van der Waals surface area (Å²) in [6.45, 7) is 3.31. The molecule has 1 fully saturated rings. The summed E-state index contributed by atoms with van der Waals surface area (Å²) in [6.07, 6.45) is 1.70. The SMILES string of the molecule is O=C(c1ccn(COc2ccc(Br)cc2Cl)n1)N1CCN(Cc2ccc(F)cc2Cl)CC1. The van der Waals surface area contributed by atoms with Crippen LogP contribution in [0.15, 0.2) is 53.1 Å². The highest BCUT2D eigenvalue weighted by Gasteiger charge is 2.24. The molecule has 1 saturated heterocycles. The highest BCUT2D eigenvalue weighted by Crippen LogP contribution is 2.28. The second-order valence-corrected chi connectivity index (χ2v) is 9.12. The number of aromatic nitrogens is 2. The average Bonchev–Trinajstić information content (AvgIpc) is 3.24. The quantitative estimate of drug-likeness (QED) is 0.436. The number of amides is 1. The lowest BCUT2D eigenvalue weighted by molar-refractivity contribution is 0.0621. The third-order valence-corrected chi connectivity index (χ3v) is 6.32. The Morgan fingerprint density at radius 2 is 1.84 bits per heavy atom. The van der Waals surface area contributed by atoms with Crippen molar-refractivity contribution in [1.29, 1.82) is 0 Å². The summed E-state index contributed by atoms with van der Waals surface area (Å²) in [5, 5.41) is 5.24. The minimum Gasteiger partial charge on any atom is -0.470 e. The molecular formula is C22H20BrCl2FN4O2. The fraction of sp³-hybridized carbons (Fsp3) is 0.273. The number of halogens is 4. The molecule has 0 radical (unpaired) electrons. The topological polar surface area (TPSA) is 50.6 Å². The molecule has 1 aromatic heterocycles. The second-order valence-electron chi connectivity index (χ2n) is 7.39. The molecule has 4 rings (SSSR count). The molecule has 1 aliphatic heterocycles. The molecule has 0 N–H and O–H groups in total. The summed E-state index contributed by atoms with van der Waals surface area (Å²) >= 11 is 15.6. The number of carbonyl (C=O) groups excluding carboxylic acids is 1. The van der Waals surface area contributed by atoms with Gasteiger partial charge in [0.1, 0.15) is 11.6 Å². The van der Waals surface area contributed by atoms with Crippen LogP contribution < -0.4 is 4.74 Å². The summed E-state index contributed by atoms with van der Waals surface area (Å²) in [5.41, 5.74) is 1.24. The maximum Gasteiger partial charge on any atom is 0.274 e. The van der Waals surface area contributed by atoms with E-state index in [0.29, 0.717) is 54.2 Å². The van der Waals surface area contributed by atoms with Gasteiger partial charge in [0.25, 0.3) is 5.91 Å². The third-order valence-electron chi connectivity index (χ3n) is 5.17. The van der Waals surface area contributed by atoms with E-state index in [9.17, 15) is 9.18 Å². The molecule has 2 aromatic carbocycles. The number of hydrogen-bond acceptors (Lipinski definition) is 4. The molecule has 32 heavy (non-hydrogen) atoms. The molecule has 0 bridgehead atoms. The highest BCUT2D eigenvalue weighted by atomic mass is 79.9. The first-order chi connectivity index (χ1) is 15.4. The van der Waals surface area contributed by atoms with Crippen LogP contribution in [0.1, 0.15) is 16.1 Å². The number of hydrogen-bond donors (Lipinski definition) is 0. The maximum atomic E-state index is 13.2. The number of rotatable bonds is 6. The van der Waals surface area contributed by atoms with E-state index in [-0.39, 0.29) is 18.5 Å². The lowest BCUT2D eigenvalue weighted by atomic mass is 10.2. The molecule has 0 atom stereocenters. The van der Waals surface area contributed by atoms with E-state index >= 15 is 0 Å². The zero-order valence-electron chi connectivity index (χ0n) is 17.0. The Morgan fingerprint density at radius 1 is 1.06 bits per heavy atom. The Hall–Kier alpha value is -2.13. The Morgan fingerprint density at radius 3 is 2.56 bits per heavy atom. The van der Waals surface area contributed by atoms with Crippen molar-refractivity contribution in [3.05, 3.63) is 80.3 Å². The number of piperazine rings is 1. The number of carbonyl (C=O) groups is 1. The van der Waals surface area contributed by atoms with Gasteiger partial charge < -0.3 is 9.64 Å². The fourth-order valence-corrected chi connectivity index (χ4v) is 4.39. The van der Waals surface area contributed by atoms with Crippen LogP contribution >= 0.6 is 39.1 Å².